The van der Waals surface area contributed by atoms with Gasteiger partial charge in [-0.15, -0.1) is 0 Å². The topological polar surface area (TPSA) is 23.5 Å². The highest BCUT2D eigenvalue weighted by Crippen LogP contribution is 2.30. The lowest BCUT2D eigenvalue weighted by molar-refractivity contribution is -0.137. The first-order valence-corrected chi connectivity index (χ1v) is 6.94. The predicted molar refractivity (Wildman–Crippen MR) is 71.4 cm³/mol. The van der Waals surface area contributed by atoms with Gasteiger partial charge in [0.15, 0.2) is 0 Å². The molecule has 20 heavy (non-hydrogen) atoms. The van der Waals surface area contributed by atoms with Gasteiger partial charge in [0.05, 0.1) is 11.7 Å². The summed E-state index contributed by atoms with van der Waals surface area (Å²) in [5.74, 6) is 0. The van der Waals surface area contributed by atoms with E-state index in [4.69, 9.17) is 0 Å². The van der Waals surface area contributed by atoms with Gasteiger partial charge in [-0.1, -0.05) is 18.2 Å². The van der Waals surface area contributed by atoms with E-state index in [-0.39, 0.29) is 12.1 Å². The number of hydrogen-bond donors (Lipinski definition) is 1. The minimum Gasteiger partial charge on any atom is -0.392 e. The normalized spacial score (nSPS) is 22.8. The molecule has 2 rings (SSSR count). The molecule has 0 spiro atoms. The molecule has 1 aliphatic heterocycles. The molecule has 0 unspecified atom stereocenters. The van der Waals surface area contributed by atoms with Crippen LogP contribution in [-0.4, -0.2) is 35.2 Å². The number of aliphatic hydroxyl groups excluding tert-OH is 1. The number of alkyl halides is 3. The highest BCUT2D eigenvalue weighted by Gasteiger charge is 2.30. The van der Waals surface area contributed by atoms with Crippen LogP contribution in [0.5, 0.6) is 0 Å². The molecule has 1 N–H and O–H groups in total. The van der Waals surface area contributed by atoms with E-state index >= 15 is 0 Å². The third-order valence-corrected chi connectivity index (χ3v) is 3.84. The van der Waals surface area contributed by atoms with Crippen molar-refractivity contribution in [2.24, 2.45) is 0 Å². The second-order valence-corrected chi connectivity index (χ2v) is 5.54. The molecule has 1 aromatic rings. The maximum absolute atomic E-state index is 12.7. The molecule has 2 nitrogen and oxygen atoms in total. The zero-order valence-corrected chi connectivity index (χ0v) is 11.5. The minimum atomic E-state index is -4.29. The van der Waals surface area contributed by atoms with Gasteiger partial charge in [-0.25, -0.2) is 0 Å². The summed E-state index contributed by atoms with van der Waals surface area (Å²) in [5, 5.41) is 9.65. The molecule has 2 atom stereocenters. The lowest BCUT2D eigenvalue weighted by Crippen LogP contribution is -2.44. The number of β-amino-alcohol motifs (C(OH)–C–C–N with tert-alkyl or cyclic N) is 1. The standard InChI is InChI=1S/C15H20F3NO/c1-11(19-7-3-6-14(20)10-19)8-12-4-2-5-13(9-12)15(16,17)18/h2,4-5,9,11,14,20H,3,6-8,10H2,1H3/t11-,14+/m1/s1. The molecule has 0 saturated carbocycles. The van der Waals surface area contributed by atoms with Crippen LogP contribution in [0.3, 0.4) is 0 Å². The Labute approximate surface area is 117 Å². The van der Waals surface area contributed by atoms with E-state index in [0.29, 0.717) is 18.5 Å². The van der Waals surface area contributed by atoms with Crippen molar-refractivity contribution in [1.29, 1.82) is 0 Å². The summed E-state index contributed by atoms with van der Waals surface area (Å²) in [7, 11) is 0. The summed E-state index contributed by atoms with van der Waals surface area (Å²) in [6, 6.07) is 5.63. The van der Waals surface area contributed by atoms with Crippen molar-refractivity contribution in [3.63, 3.8) is 0 Å². The van der Waals surface area contributed by atoms with Gasteiger partial charge in [0, 0.05) is 12.6 Å². The van der Waals surface area contributed by atoms with Crippen LogP contribution in [-0.2, 0) is 12.6 Å². The average Bonchev–Trinajstić information content (AvgIpc) is 2.38. The molecule has 0 aliphatic carbocycles. The van der Waals surface area contributed by atoms with Crippen molar-refractivity contribution < 1.29 is 18.3 Å². The number of halogens is 3. The molecule has 0 aromatic heterocycles. The largest absolute Gasteiger partial charge is 0.416 e. The summed E-state index contributed by atoms with van der Waals surface area (Å²) in [6.45, 7) is 3.51. The van der Waals surface area contributed by atoms with E-state index in [1.54, 1.807) is 6.07 Å². The molecular formula is C15H20F3NO. The molecule has 1 heterocycles. The molecule has 0 radical (unpaired) electrons. The Balaban J connectivity index is 2.02. The number of likely N-dealkylation sites (tertiary alicyclic amines) is 1. The second kappa shape index (κ2) is 6.14. The predicted octanol–water partition coefficient (Wildman–Crippen LogP) is 3.09. The molecule has 1 saturated heterocycles. The van der Waals surface area contributed by atoms with E-state index in [1.807, 2.05) is 6.92 Å². The quantitative estimate of drug-likeness (QED) is 0.923. The molecule has 1 aromatic carbocycles. The Morgan fingerprint density at radius 2 is 2.15 bits per heavy atom. The van der Waals surface area contributed by atoms with Gasteiger partial charge in [0.25, 0.3) is 0 Å². The summed E-state index contributed by atoms with van der Waals surface area (Å²) >= 11 is 0. The molecule has 0 bridgehead atoms. The highest BCUT2D eigenvalue weighted by atomic mass is 19.4. The fraction of sp³-hybridized carbons (Fsp3) is 0.600. The average molecular weight is 287 g/mol. The monoisotopic (exact) mass is 287 g/mol. The number of rotatable bonds is 3. The Hall–Kier alpha value is -1.07. The first kappa shape index (κ1) is 15.3. The van der Waals surface area contributed by atoms with Crippen LogP contribution in [0, 0.1) is 0 Å². The Morgan fingerprint density at radius 1 is 1.40 bits per heavy atom. The number of piperidine rings is 1. The zero-order valence-electron chi connectivity index (χ0n) is 11.5. The second-order valence-electron chi connectivity index (χ2n) is 5.54. The van der Waals surface area contributed by atoms with E-state index in [1.165, 1.54) is 12.1 Å². The molecule has 5 heteroatoms. The van der Waals surface area contributed by atoms with Crippen LogP contribution in [0.25, 0.3) is 0 Å². The van der Waals surface area contributed by atoms with Crippen LogP contribution in [0.1, 0.15) is 30.9 Å². The lowest BCUT2D eigenvalue weighted by Gasteiger charge is -2.35. The first-order valence-electron chi connectivity index (χ1n) is 6.94. The van der Waals surface area contributed by atoms with Crippen LogP contribution in [0.15, 0.2) is 24.3 Å². The molecular weight excluding hydrogens is 267 g/mol. The first-order chi connectivity index (χ1) is 9.36. The van der Waals surface area contributed by atoms with Gasteiger partial charge in [-0.05, 0) is 44.4 Å². The number of nitrogens with zero attached hydrogens (tertiary/aromatic N) is 1. The maximum atomic E-state index is 12.7. The van der Waals surface area contributed by atoms with Gasteiger partial charge >= 0.3 is 6.18 Å². The van der Waals surface area contributed by atoms with Gasteiger partial charge in [-0.3, -0.25) is 4.90 Å². The van der Waals surface area contributed by atoms with E-state index in [2.05, 4.69) is 4.90 Å². The molecule has 1 aliphatic rings. The third-order valence-electron chi connectivity index (χ3n) is 3.84. The Kier molecular flexibility index (Phi) is 4.70. The van der Waals surface area contributed by atoms with Crippen molar-refractivity contribution in [1.82, 2.24) is 4.90 Å². The van der Waals surface area contributed by atoms with Crippen molar-refractivity contribution in [3.05, 3.63) is 35.4 Å². The van der Waals surface area contributed by atoms with Crippen LogP contribution < -0.4 is 0 Å². The SMILES string of the molecule is C[C@H](Cc1cccc(C(F)(F)F)c1)N1CCC[C@H](O)C1. The zero-order chi connectivity index (χ0) is 14.8. The van der Waals surface area contributed by atoms with E-state index < -0.39 is 11.7 Å². The van der Waals surface area contributed by atoms with Crippen LogP contribution in [0.2, 0.25) is 0 Å². The van der Waals surface area contributed by atoms with E-state index in [9.17, 15) is 18.3 Å². The summed E-state index contributed by atoms with van der Waals surface area (Å²) in [6.07, 6.45) is -2.29. The Morgan fingerprint density at radius 3 is 2.80 bits per heavy atom. The molecule has 0 amide bonds. The van der Waals surface area contributed by atoms with Crippen LogP contribution in [0.4, 0.5) is 13.2 Å². The number of aliphatic hydroxyl groups is 1. The summed E-state index contributed by atoms with van der Waals surface area (Å²) in [4.78, 5) is 2.15. The summed E-state index contributed by atoms with van der Waals surface area (Å²) in [5.41, 5.74) is 0.0910. The summed E-state index contributed by atoms with van der Waals surface area (Å²) < 4.78 is 38.0. The minimum absolute atomic E-state index is 0.133. The molecule has 112 valence electrons. The van der Waals surface area contributed by atoms with Crippen molar-refractivity contribution in [2.75, 3.05) is 13.1 Å². The molecule has 1 fully saturated rings. The van der Waals surface area contributed by atoms with Crippen molar-refractivity contribution in [2.45, 2.75) is 44.5 Å². The van der Waals surface area contributed by atoms with Gasteiger partial charge in [0.2, 0.25) is 0 Å². The van der Waals surface area contributed by atoms with Gasteiger partial charge < -0.3 is 5.11 Å². The van der Waals surface area contributed by atoms with Crippen molar-refractivity contribution in [3.8, 4) is 0 Å². The fourth-order valence-corrected chi connectivity index (χ4v) is 2.73. The number of benzene rings is 1. The highest BCUT2D eigenvalue weighted by molar-refractivity contribution is 5.26. The van der Waals surface area contributed by atoms with Crippen molar-refractivity contribution >= 4 is 0 Å². The fourth-order valence-electron chi connectivity index (χ4n) is 2.73. The smallest absolute Gasteiger partial charge is 0.392 e. The maximum Gasteiger partial charge on any atom is 0.416 e. The number of hydrogen-bond acceptors (Lipinski definition) is 2. The lowest BCUT2D eigenvalue weighted by atomic mass is 10.0. The van der Waals surface area contributed by atoms with Gasteiger partial charge in [-0.2, -0.15) is 13.2 Å². The van der Waals surface area contributed by atoms with E-state index in [0.717, 1.165) is 25.5 Å². The van der Waals surface area contributed by atoms with Crippen LogP contribution >= 0.6 is 0 Å². The van der Waals surface area contributed by atoms with Gasteiger partial charge in [0.1, 0.15) is 0 Å². The Bertz CT molecular complexity index is 447. The third kappa shape index (κ3) is 3.96.